The normalized spacial score (nSPS) is 12.7. The van der Waals surface area contributed by atoms with Crippen molar-refractivity contribution < 1.29 is 28.6 Å². The summed E-state index contributed by atoms with van der Waals surface area (Å²) in [5.41, 5.74) is 0. The molecule has 0 aromatic rings. The Kier molecular flexibility index (Phi) is 55.3. The predicted molar refractivity (Wildman–Crippen MR) is 302 cm³/mol. The second-order valence-corrected chi connectivity index (χ2v) is 19.5. The second-order valence-electron chi connectivity index (χ2n) is 19.5. The van der Waals surface area contributed by atoms with Gasteiger partial charge < -0.3 is 14.2 Å². The Morgan fingerprint density at radius 1 is 0.300 bits per heavy atom. The average molecular weight is 976 g/mol. The summed E-state index contributed by atoms with van der Waals surface area (Å²) in [6.07, 6.45) is 75.8. The molecule has 0 aromatic carbocycles. The lowest BCUT2D eigenvalue weighted by molar-refractivity contribution is -0.167. The van der Waals surface area contributed by atoms with Gasteiger partial charge in [0.25, 0.3) is 0 Å². The molecule has 0 bridgehead atoms. The second kappa shape index (κ2) is 58.2. The van der Waals surface area contributed by atoms with Crippen molar-refractivity contribution in [2.24, 2.45) is 0 Å². The highest BCUT2D eigenvalue weighted by Crippen LogP contribution is 2.15. The van der Waals surface area contributed by atoms with Crippen molar-refractivity contribution in [3.8, 4) is 0 Å². The largest absolute Gasteiger partial charge is 0.462 e. The minimum Gasteiger partial charge on any atom is -0.462 e. The first-order valence-electron chi connectivity index (χ1n) is 29.6. The average Bonchev–Trinajstić information content (AvgIpc) is 3.36. The van der Waals surface area contributed by atoms with Crippen molar-refractivity contribution in [3.05, 3.63) is 85.1 Å². The van der Waals surface area contributed by atoms with Crippen LogP contribution < -0.4 is 0 Å². The molecule has 0 saturated heterocycles. The van der Waals surface area contributed by atoms with Gasteiger partial charge in [-0.2, -0.15) is 0 Å². The van der Waals surface area contributed by atoms with Gasteiger partial charge in [0, 0.05) is 19.3 Å². The third-order valence-corrected chi connectivity index (χ3v) is 12.6. The molecule has 0 radical (unpaired) electrons. The van der Waals surface area contributed by atoms with Gasteiger partial charge >= 0.3 is 17.9 Å². The summed E-state index contributed by atoms with van der Waals surface area (Å²) in [7, 11) is 0. The van der Waals surface area contributed by atoms with Crippen molar-refractivity contribution in [1.82, 2.24) is 0 Å². The van der Waals surface area contributed by atoms with Crippen LogP contribution in [0.5, 0.6) is 0 Å². The molecular weight excluding hydrogens is 865 g/mol. The van der Waals surface area contributed by atoms with Gasteiger partial charge in [-0.05, 0) is 96.3 Å². The van der Waals surface area contributed by atoms with Gasteiger partial charge in [-0.3, -0.25) is 14.4 Å². The van der Waals surface area contributed by atoms with Crippen LogP contribution in [0.25, 0.3) is 0 Å². The Hall–Kier alpha value is -3.41. The summed E-state index contributed by atoms with van der Waals surface area (Å²) in [6.45, 7) is 6.49. The Labute approximate surface area is 433 Å². The van der Waals surface area contributed by atoms with E-state index in [0.717, 1.165) is 109 Å². The van der Waals surface area contributed by atoms with Gasteiger partial charge in [0.2, 0.25) is 0 Å². The van der Waals surface area contributed by atoms with Gasteiger partial charge in [-0.1, -0.05) is 254 Å². The van der Waals surface area contributed by atoms with Crippen LogP contribution in [-0.4, -0.2) is 37.2 Å². The van der Waals surface area contributed by atoms with Gasteiger partial charge in [-0.25, -0.2) is 0 Å². The molecule has 0 N–H and O–H groups in total. The van der Waals surface area contributed by atoms with E-state index in [1.807, 2.05) is 0 Å². The van der Waals surface area contributed by atoms with E-state index in [0.29, 0.717) is 19.3 Å². The molecule has 0 saturated carbocycles. The van der Waals surface area contributed by atoms with Crippen molar-refractivity contribution in [1.29, 1.82) is 0 Å². The maximum atomic E-state index is 12.8. The molecule has 0 aliphatic rings. The number of unbranched alkanes of at least 4 members (excludes halogenated alkanes) is 28. The van der Waals surface area contributed by atoms with Gasteiger partial charge in [0.15, 0.2) is 6.10 Å². The first kappa shape index (κ1) is 66.6. The topological polar surface area (TPSA) is 78.9 Å². The van der Waals surface area contributed by atoms with Crippen LogP contribution in [0.2, 0.25) is 0 Å². The fourth-order valence-corrected chi connectivity index (χ4v) is 8.21. The van der Waals surface area contributed by atoms with Crippen molar-refractivity contribution in [3.63, 3.8) is 0 Å². The first-order chi connectivity index (χ1) is 34.5. The standard InChI is InChI=1S/C64H110O6/c1-4-7-10-13-16-19-21-23-25-27-29-30-31-32-33-34-35-37-38-40-42-45-48-51-54-57-63(66)69-60-61(59-68-62(65)56-53-50-47-44-18-15-12-9-6-3)70-64(67)58-55-52-49-46-43-41-39-36-28-26-24-22-20-17-14-11-8-5-2/h7,10,16,19-20,22-23,25-26,28-30,32-33,61H,4-6,8-9,11-15,17-18,21,24,27,31,34-60H2,1-3H3/b10-7-,19-16-,22-20-,25-23-,28-26-,30-29-,33-32-. The Bertz CT molecular complexity index is 1350. The quantitative estimate of drug-likeness (QED) is 0.0261. The minimum atomic E-state index is -0.781. The summed E-state index contributed by atoms with van der Waals surface area (Å²) in [5.74, 6) is -0.890. The molecule has 402 valence electrons. The van der Waals surface area contributed by atoms with E-state index < -0.39 is 6.10 Å². The Morgan fingerprint density at radius 3 is 0.886 bits per heavy atom. The lowest BCUT2D eigenvalue weighted by Gasteiger charge is -2.18. The number of carbonyl (C=O) groups is 3. The van der Waals surface area contributed by atoms with Crippen LogP contribution in [0.3, 0.4) is 0 Å². The minimum absolute atomic E-state index is 0.0797. The van der Waals surface area contributed by atoms with Gasteiger partial charge in [0.1, 0.15) is 13.2 Å². The van der Waals surface area contributed by atoms with Crippen LogP contribution in [0.4, 0.5) is 0 Å². The summed E-state index contributed by atoms with van der Waals surface area (Å²) < 4.78 is 16.8. The van der Waals surface area contributed by atoms with E-state index in [9.17, 15) is 14.4 Å². The third kappa shape index (κ3) is 55.5. The molecule has 1 unspecified atom stereocenters. The van der Waals surface area contributed by atoms with Gasteiger partial charge in [-0.15, -0.1) is 0 Å². The number of rotatable bonds is 53. The monoisotopic (exact) mass is 975 g/mol. The van der Waals surface area contributed by atoms with Crippen LogP contribution in [-0.2, 0) is 28.6 Å². The SMILES string of the molecule is CC/C=C\C/C=C\C/C=C\C/C=C\C/C=C\CCCCCCCCCCCC(=O)OCC(COC(=O)CCCCCCCCCCC)OC(=O)CCCCCCCCC/C=C\C/C=C\CCCCCC. The number of hydrogen-bond acceptors (Lipinski definition) is 6. The van der Waals surface area contributed by atoms with Crippen molar-refractivity contribution >= 4 is 17.9 Å². The molecule has 0 rings (SSSR count). The maximum absolute atomic E-state index is 12.8. The molecule has 0 aliphatic heterocycles. The lowest BCUT2D eigenvalue weighted by Crippen LogP contribution is -2.30. The van der Waals surface area contributed by atoms with E-state index >= 15 is 0 Å². The summed E-state index contributed by atoms with van der Waals surface area (Å²) in [5, 5.41) is 0. The number of hydrogen-bond donors (Lipinski definition) is 0. The van der Waals surface area contributed by atoms with E-state index in [1.165, 1.54) is 135 Å². The van der Waals surface area contributed by atoms with Gasteiger partial charge in [0.05, 0.1) is 0 Å². The molecule has 0 heterocycles. The van der Waals surface area contributed by atoms with Crippen LogP contribution in [0.1, 0.15) is 284 Å². The number of esters is 3. The molecular formula is C64H110O6. The zero-order valence-electron chi connectivity index (χ0n) is 46.0. The zero-order chi connectivity index (χ0) is 50.7. The molecule has 0 aromatic heterocycles. The molecule has 0 amide bonds. The smallest absolute Gasteiger partial charge is 0.306 e. The number of allylic oxidation sites excluding steroid dienone is 14. The highest BCUT2D eigenvalue weighted by molar-refractivity contribution is 5.71. The zero-order valence-corrected chi connectivity index (χ0v) is 46.0. The third-order valence-electron chi connectivity index (χ3n) is 12.6. The molecule has 6 heteroatoms. The van der Waals surface area contributed by atoms with E-state index in [2.05, 4.69) is 106 Å². The molecule has 0 aliphatic carbocycles. The van der Waals surface area contributed by atoms with Crippen LogP contribution >= 0.6 is 0 Å². The summed E-state index contributed by atoms with van der Waals surface area (Å²) >= 11 is 0. The summed E-state index contributed by atoms with van der Waals surface area (Å²) in [4.78, 5) is 38.1. The molecule has 70 heavy (non-hydrogen) atoms. The predicted octanol–water partition coefficient (Wildman–Crippen LogP) is 19.9. The molecule has 0 fully saturated rings. The lowest BCUT2D eigenvalue weighted by atomic mass is 10.1. The van der Waals surface area contributed by atoms with Crippen molar-refractivity contribution in [2.75, 3.05) is 13.2 Å². The highest BCUT2D eigenvalue weighted by Gasteiger charge is 2.19. The molecule has 6 nitrogen and oxygen atoms in total. The van der Waals surface area contributed by atoms with Crippen molar-refractivity contribution in [2.45, 2.75) is 290 Å². The van der Waals surface area contributed by atoms with E-state index in [1.54, 1.807) is 0 Å². The fourth-order valence-electron chi connectivity index (χ4n) is 8.21. The van der Waals surface area contributed by atoms with E-state index in [4.69, 9.17) is 14.2 Å². The number of ether oxygens (including phenoxy) is 3. The van der Waals surface area contributed by atoms with E-state index in [-0.39, 0.29) is 31.1 Å². The molecule has 1 atom stereocenters. The first-order valence-corrected chi connectivity index (χ1v) is 29.6. The molecule has 0 spiro atoms. The fraction of sp³-hybridized carbons (Fsp3) is 0.734. The van der Waals surface area contributed by atoms with Crippen LogP contribution in [0.15, 0.2) is 85.1 Å². The summed E-state index contributed by atoms with van der Waals surface area (Å²) in [6, 6.07) is 0. The maximum Gasteiger partial charge on any atom is 0.306 e. The Balaban J connectivity index is 4.26. The number of carbonyl (C=O) groups excluding carboxylic acids is 3. The van der Waals surface area contributed by atoms with Crippen LogP contribution in [0, 0.1) is 0 Å². The highest BCUT2D eigenvalue weighted by atomic mass is 16.6. The Morgan fingerprint density at radius 2 is 0.557 bits per heavy atom.